The molecule has 0 amide bonds. The molecule has 1 heterocycles. The molecule has 0 aliphatic rings. The fourth-order valence-electron chi connectivity index (χ4n) is 1.91. The van der Waals surface area contributed by atoms with Gasteiger partial charge in [0, 0.05) is 21.0 Å². The Morgan fingerprint density at radius 2 is 1.83 bits per heavy atom. The van der Waals surface area contributed by atoms with Gasteiger partial charge >= 0.3 is 0 Å². The molecule has 0 atom stereocenters. The minimum absolute atomic E-state index is 0.0942. The van der Waals surface area contributed by atoms with E-state index in [2.05, 4.69) is 20.9 Å². The minimum Gasteiger partial charge on any atom is -0.395 e. The molecular weight excluding hydrogens is 314 g/mol. The van der Waals surface area contributed by atoms with Crippen LogP contribution in [0, 0.1) is 0 Å². The van der Waals surface area contributed by atoms with E-state index in [0.717, 1.165) is 14.9 Å². The first kappa shape index (κ1) is 13.7. The number of aliphatic hydroxyl groups excluding tert-OH is 2. The molecule has 5 heteroatoms. The molecule has 2 N–H and O–H groups in total. The molecule has 0 radical (unpaired) electrons. The van der Waals surface area contributed by atoms with Gasteiger partial charge in [-0.15, -0.1) is 11.3 Å². The molecular formula is C13H14BrNO2S. The highest BCUT2D eigenvalue weighted by molar-refractivity contribution is 9.10. The van der Waals surface area contributed by atoms with Crippen molar-refractivity contribution >= 4 is 27.3 Å². The van der Waals surface area contributed by atoms with E-state index in [9.17, 15) is 10.2 Å². The van der Waals surface area contributed by atoms with E-state index in [-0.39, 0.29) is 13.2 Å². The molecule has 0 unspecified atom stereocenters. The molecule has 0 saturated carbocycles. The lowest BCUT2D eigenvalue weighted by Crippen LogP contribution is -2.37. The Bertz CT molecular complexity index is 480. The van der Waals surface area contributed by atoms with Gasteiger partial charge in [0.2, 0.25) is 0 Å². The van der Waals surface area contributed by atoms with Crippen LogP contribution in [0.5, 0.6) is 0 Å². The number of halogens is 1. The lowest BCUT2D eigenvalue weighted by molar-refractivity contribution is 0.117. The van der Waals surface area contributed by atoms with E-state index in [4.69, 9.17) is 0 Å². The Labute approximate surface area is 118 Å². The van der Waals surface area contributed by atoms with E-state index >= 15 is 0 Å². The van der Waals surface area contributed by atoms with Crippen molar-refractivity contribution in [3.63, 3.8) is 0 Å². The Kier molecular flexibility index (Phi) is 4.50. The van der Waals surface area contributed by atoms with Crippen molar-refractivity contribution in [1.29, 1.82) is 0 Å². The summed E-state index contributed by atoms with van der Waals surface area (Å²) in [6.07, 6.45) is 2.37. The van der Waals surface area contributed by atoms with Crippen molar-refractivity contribution in [3.05, 3.63) is 50.9 Å². The minimum atomic E-state index is -0.646. The average molecular weight is 328 g/mol. The van der Waals surface area contributed by atoms with Gasteiger partial charge in [0.25, 0.3) is 0 Å². The van der Waals surface area contributed by atoms with Gasteiger partial charge in [0.05, 0.1) is 18.7 Å². The van der Waals surface area contributed by atoms with Crippen molar-refractivity contribution in [2.24, 2.45) is 0 Å². The van der Waals surface area contributed by atoms with Crippen LogP contribution >= 0.6 is 27.3 Å². The number of rotatable bonds is 5. The van der Waals surface area contributed by atoms with Crippen LogP contribution in [0.2, 0.25) is 0 Å². The van der Waals surface area contributed by atoms with Crippen LogP contribution < -0.4 is 0 Å². The lowest BCUT2D eigenvalue weighted by Gasteiger charge is -2.30. The zero-order chi connectivity index (χ0) is 13.0. The maximum atomic E-state index is 9.71. The third-order valence-corrected chi connectivity index (χ3v) is 4.37. The van der Waals surface area contributed by atoms with Gasteiger partial charge in [0.15, 0.2) is 0 Å². The van der Waals surface area contributed by atoms with Crippen molar-refractivity contribution in [1.82, 2.24) is 4.98 Å². The molecule has 0 spiro atoms. The van der Waals surface area contributed by atoms with Crippen LogP contribution in [0.1, 0.15) is 10.4 Å². The third kappa shape index (κ3) is 2.80. The number of nitrogens with zero attached hydrogens (tertiary/aromatic N) is 1. The van der Waals surface area contributed by atoms with Crippen LogP contribution in [0.15, 0.2) is 40.4 Å². The smallest absolute Gasteiger partial charge is 0.0794 e. The van der Waals surface area contributed by atoms with Crippen LogP contribution in [0.25, 0.3) is 0 Å². The number of aromatic nitrogens is 1. The molecule has 96 valence electrons. The van der Waals surface area contributed by atoms with Gasteiger partial charge in [0.1, 0.15) is 0 Å². The van der Waals surface area contributed by atoms with Crippen LogP contribution in [-0.4, -0.2) is 28.4 Å². The quantitative estimate of drug-likeness (QED) is 0.886. The topological polar surface area (TPSA) is 53.4 Å². The van der Waals surface area contributed by atoms with Gasteiger partial charge in [-0.05, 0) is 24.1 Å². The van der Waals surface area contributed by atoms with Crippen molar-refractivity contribution < 1.29 is 10.2 Å². The summed E-state index contributed by atoms with van der Waals surface area (Å²) in [5, 5.41) is 19.4. The highest BCUT2D eigenvalue weighted by Gasteiger charge is 2.31. The first-order valence-corrected chi connectivity index (χ1v) is 7.22. The van der Waals surface area contributed by atoms with Crippen molar-refractivity contribution in [2.45, 2.75) is 11.8 Å². The maximum absolute atomic E-state index is 9.71. The molecule has 2 aromatic rings. The molecule has 0 aliphatic carbocycles. The van der Waals surface area contributed by atoms with Crippen LogP contribution in [0.4, 0.5) is 0 Å². The highest BCUT2D eigenvalue weighted by Crippen LogP contribution is 2.30. The van der Waals surface area contributed by atoms with Crippen LogP contribution in [-0.2, 0) is 11.8 Å². The van der Waals surface area contributed by atoms with Crippen LogP contribution in [0.3, 0.4) is 0 Å². The first-order chi connectivity index (χ1) is 8.70. The number of benzene rings is 1. The Morgan fingerprint density at radius 1 is 1.17 bits per heavy atom. The SMILES string of the molecule is OCC(CO)(Cc1cncs1)c1ccc(Br)cc1. The van der Waals surface area contributed by atoms with Crippen molar-refractivity contribution in [2.75, 3.05) is 13.2 Å². The lowest BCUT2D eigenvalue weighted by atomic mass is 9.78. The van der Waals surface area contributed by atoms with Gasteiger partial charge in [-0.25, -0.2) is 0 Å². The van der Waals surface area contributed by atoms with E-state index in [1.165, 1.54) is 11.3 Å². The summed E-state index contributed by atoms with van der Waals surface area (Å²) in [5.74, 6) is 0. The van der Waals surface area contributed by atoms with Gasteiger partial charge in [-0.2, -0.15) is 0 Å². The van der Waals surface area contributed by atoms with E-state index in [1.807, 2.05) is 24.3 Å². The zero-order valence-corrected chi connectivity index (χ0v) is 12.1. The van der Waals surface area contributed by atoms with E-state index < -0.39 is 5.41 Å². The molecule has 18 heavy (non-hydrogen) atoms. The summed E-state index contributed by atoms with van der Waals surface area (Å²) in [4.78, 5) is 5.09. The Balaban J connectivity index is 2.33. The second-order valence-corrected chi connectivity index (χ2v) is 6.13. The zero-order valence-electron chi connectivity index (χ0n) is 9.71. The fraction of sp³-hybridized carbons (Fsp3) is 0.308. The Morgan fingerprint density at radius 3 is 2.33 bits per heavy atom. The van der Waals surface area contributed by atoms with Crippen molar-refractivity contribution in [3.8, 4) is 0 Å². The molecule has 1 aromatic heterocycles. The summed E-state index contributed by atoms with van der Waals surface area (Å²) in [7, 11) is 0. The summed E-state index contributed by atoms with van der Waals surface area (Å²) >= 11 is 4.92. The maximum Gasteiger partial charge on any atom is 0.0794 e. The number of hydrogen-bond donors (Lipinski definition) is 2. The number of aliphatic hydroxyl groups is 2. The predicted octanol–water partition coefficient (Wildman–Crippen LogP) is 2.37. The van der Waals surface area contributed by atoms with Gasteiger partial charge < -0.3 is 10.2 Å². The first-order valence-electron chi connectivity index (χ1n) is 5.55. The molecule has 1 aromatic carbocycles. The third-order valence-electron chi connectivity index (χ3n) is 3.06. The molecule has 0 bridgehead atoms. The molecule has 3 nitrogen and oxygen atoms in total. The summed E-state index contributed by atoms with van der Waals surface area (Å²) < 4.78 is 0.980. The molecule has 0 fully saturated rings. The molecule has 0 aliphatic heterocycles. The molecule has 0 saturated heterocycles. The van der Waals surface area contributed by atoms with Gasteiger partial charge in [-0.3, -0.25) is 4.98 Å². The monoisotopic (exact) mass is 327 g/mol. The standard InChI is InChI=1S/C13H14BrNO2S/c14-11-3-1-10(2-4-11)13(7-16,8-17)5-12-6-15-9-18-12/h1-4,6,9,16-17H,5,7-8H2. The second kappa shape index (κ2) is 5.93. The van der Waals surface area contributed by atoms with E-state index in [1.54, 1.807) is 11.7 Å². The predicted molar refractivity (Wildman–Crippen MR) is 75.8 cm³/mol. The fourth-order valence-corrected chi connectivity index (χ4v) is 2.92. The number of thiazole rings is 1. The summed E-state index contributed by atoms with van der Waals surface area (Å²) in [5.41, 5.74) is 2.05. The highest BCUT2D eigenvalue weighted by atomic mass is 79.9. The molecule has 2 rings (SSSR count). The normalized spacial score (nSPS) is 11.7. The van der Waals surface area contributed by atoms with E-state index in [0.29, 0.717) is 6.42 Å². The number of hydrogen-bond acceptors (Lipinski definition) is 4. The largest absolute Gasteiger partial charge is 0.395 e. The Hall–Kier alpha value is -0.750. The summed E-state index contributed by atoms with van der Waals surface area (Å²) in [6.45, 7) is -0.188. The second-order valence-electron chi connectivity index (χ2n) is 4.25. The average Bonchev–Trinajstić information content (AvgIpc) is 2.90. The van der Waals surface area contributed by atoms with Gasteiger partial charge in [-0.1, -0.05) is 28.1 Å². The summed E-state index contributed by atoms with van der Waals surface area (Å²) in [6, 6.07) is 7.69.